The molecule has 0 spiro atoms. The highest BCUT2D eigenvalue weighted by molar-refractivity contribution is 5.96. The summed E-state index contributed by atoms with van der Waals surface area (Å²) in [6.45, 7) is 7.65. The first-order valence-electron chi connectivity index (χ1n) is 6.53. The van der Waals surface area contributed by atoms with Gasteiger partial charge in [0.05, 0.1) is 24.1 Å². The van der Waals surface area contributed by atoms with Gasteiger partial charge < -0.3 is 11.1 Å². The largest absolute Gasteiger partial charge is 0.323 e. The van der Waals surface area contributed by atoms with Crippen LogP contribution in [0.2, 0.25) is 0 Å². The Balaban J connectivity index is 2.20. The lowest BCUT2D eigenvalue weighted by atomic mass is 10.2. The maximum Gasteiger partial charge on any atom is 0.241 e. The number of carbonyl (C=O) groups excluding carboxylic acids is 1. The first kappa shape index (κ1) is 14.2. The second-order valence-corrected chi connectivity index (χ2v) is 4.94. The molecule has 0 aliphatic carbocycles. The quantitative estimate of drug-likeness (QED) is 0.814. The van der Waals surface area contributed by atoms with Crippen molar-refractivity contribution in [1.29, 1.82) is 0 Å². The Hall–Kier alpha value is -2.21. The standard InChI is InChI=1S/C14H19N5O/c1-4-5-12(15)14(20)18-11-6-10-7-17-19(9(2)3)13(10)16-8-11/h4,6-9,12H,1,5,15H2,2-3H3,(H,18,20). The Morgan fingerprint density at radius 3 is 2.95 bits per heavy atom. The molecule has 3 N–H and O–H groups in total. The van der Waals surface area contributed by atoms with Gasteiger partial charge in [0.2, 0.25) is 5.91 Å². The fourth-order valence-electron chi connectivity index (χ4n) is 1.91. The summed E-state index contributed by atoms with van der Waals surface area (Å²) in [5.41, 5.74) is 7.13. The van der Waals surface area contributed by atoms with Gasteiger partial charge in [0, 0.05) is 11.4 Å². The average molecular weight is 273 g/mol. The van der Waals surface area contributed by atoms with Crippen LogP contribution in [0.5, 0.6) is 0 Å². The van der Waals surface area contributed by atoms with Gasteiger partial charge in [-0.1, -0.05) is 6.08 Å². The molecular formula is C14H19N5O. The Kier molecular flexibility index (Phi) is 4.14. The lowest BCUT2D eigenvalue weighted by Crippen LogP contribution is -2.35. The van der Waals surface area contributed by atoms with Gasteiger partial charge in [-0.3, -0.25) is 4.79 Å². The van der Waals surface area contributed by atoms with Gasteiger partial charge in [-0.25, -0.2) is 9.67 Å². The molecule has 1 unspecified atom stereocenters. The smallest absolute Gasteiger partial charge is 0.241 e. The van der Waals surface area contributed by atoms with Crippen LogP contribution < -0.4 is 11.1 Å². The number of anilines is 1. The Morgan fingerprint density at radius 2 is 2.30 bits per heavy atom. The fraction of sp³-hybridized carbons (Fsp3) is 0.357. The molecule has 0 aromatic carbocycles. The third-order valence-corrected chi connectivity index (χ3v) is 2.95. The second-order valence-electron chi connectivity index (χ2n) is 4.94. The highest BCUT2D eigenvalue weighted by Crippen LogP contribution is 2.19. The van der Waals surface area contributed by atoms with Crippen LogP contribution in [0.1, 0.15) is 26.3 Å². The van der Waals surface area contributed by atoms with Gasteiger partial charge >= 0.3 is 0 Å². The molecule has 0 fully saturated rings. The molecule has 2 rings (SSSR count). The summed E-state index contributed by atoms with van der Waals surface area (Å²) in [5, 5.41) is 7.91. The third kappa shape index (κ3) is 2.85. The summed E-state index contributed by atoms with van der Waals surface area (Å²) in [6.07, 6.45) is 5.41. The van der Waals surface area contributed by atoms with Crippen LogP contribution in [0.15, 0.2) is 31.1 Å². The van der Waals surface area contributed by atoms with E-state index in [0.717, 1.165) is 11.0 Å². The number of pyridine rings is 1. The van der Waals surface area contributed by atoms with Crippen molar-refractivity contribution < 1.29 is 4.79 Å². The zero-order valence-corrected chi connectivity index (χ0v) is 11.7. The molecule has 2 aromatic rings. The first-order valence-corrected chi connectivity index (χ1v) is 6.53. The molecule has 2 heterocycles. The van der Waals surface area contributed by atoms with Gasteiger partial charge in [0.1, 0.15) is 0 Å². The predicted molar refractivity (Wildman–Crippen MR) is 79.3 cm³/mol. The molecule has 0 bridgehead atoms. The molecule has 0 saturated heterocycles. The van der Waals surface area contributed by atoms with Gasteiger partial charge in [-0.2, -0.15) is 5.10 Å². The van der Waals surface area contributed by atoms with Crippen molar-refractivity contribution in [1.82, 2.24) is 14.8 Å². The van der Waals surface area contributed by atoms with Gasteiger partial charge in [0.25, 0.3) is 0 Å². The number of hydrogen-bond donors (Lipinski definition) is 2. The number of fused-ring (bicyclic) bond motifs is 1. The highest BCUT2D eigenvalue weighted by atomic mass is 16.2. The SMILES string of the molecule is C=CCC(N)C(=O)Nc1cnc2c(cnn2C(C)C)c1. The molecule has 20 heavy (non-hydrogen) atoms. The van der Waals surface area contributed by atoms with Crippen LogP contribution in [-0.2, 0) is 4.79 Å². The summed E-state index contributed by atoms with van der Waals surface area (Å²) >= 11 is 0. The van der Waals surface area contributed by atoms with Crippen molar-refractivity contribution in [3.63, 3.8) is 0 Å². The minimum Gasteiger partial charge on any atom is -0.323 e. The maximum absolute atomic E-state index is 11.8. The Morgan fingerprint density at radius 1 is 1.55 bits per heavy atom. The number of nitrogens with zero attached hydrogens (tertiary/aromatic N) is 3. The van der Waals surface area contributed by atoms with Crippen LogP contribution in [0, 0.1) is 0 Å². The molecule has 0 aliphatic rings. The monoisotopic (exact) mass is 273 g/mol. The number of rotatable bonds is 5. The molecule has 106 valence electrons. The number of amides is 1. The van der Waals surface area contributed by atoms with E-state index in [1.165, 1.54) is 0 Å². The molecule has 0 radical (unpaired) electrons. The maximum atomic E-state index is 11.8. The zero-order chi connectivity index (χ0) is 14.7. The number of aromatic nitrogens is 3. The number of nitrogens with two attached hydrogens (primary N) is 1. The zero-order valence-electron chi connectivity index (χ0n) is 11.7. The summed E-state index contributed by atoms with van der Waals surface area (Å²) in [5.74, 6) is -0.248. The van der Waals surface area contributed by atoms with E-state index in [1.54, 1.807) is 18.5 Å². The van der Waals surface area contributed by atoms with Crippen LogP contribution in [0.4, 0.5) is 5.69 Å². The van der Waals surface area contributed by atoms with Crippen molar-refractivity contribution in [2.75, 3.05) is 5.32 Å². The second kappa shape index (κ2) is 5.83. The van der Waals surface area contributed by atoms with E-state index < -0.39 is 6.04 Å². The van der Waals surface area contributed by atoms with Gasteiger partial charge in [0.15, 0.2) is 5.65 Å². The van der Waals surface area contributed by atoms with E-state index in [9.17, 15) is 4.79 Å². The third-order valence-electron chi connectivity index (χ3n) is 2.95. The molecule has 1 amide bonds. The van der Waals surface area contributed by atoms with Crippen molar-refractivity contribution in [2.24, 2.45) is 5.73 Å². The predicted octanol–water partition coefficient (Wildman–Crippen LogP) is 1.85. The molecule has 1 atom stereocenters. The van der Waals surface area contributed by atoms with E-state index in [-0.39, 0.29) is 11.9 Å². The van der Waals surface area contributed by atoms with Crippen molar-refractivity contribution >= 4 is 22.6 Å². The summed E-state index contributed by atoms with van der Waals surface area (Å²) < 4.78 is 1.84. The molecule has 6 nitrogen and oxygen atoms in total. The highest BCUT2D eigenvalue weighted by Gasteiger charge is 2.13. The van der Waals surface area contributed by atoms with E-state index in [1.807, 2.05) is 24.6 Å². The number of nitrogens with one attached hydrogen (secondary N) is 1. The van der Waals surface area contributed by atoms with E-state index in [2.05, 4.69) is 22.0 Å². The minimum atomic E-state index is -0.596. The summed E-state index contributed by atoms with van der Waals surface area (Å²) in [6, 6.07) is 1.48. The minimum absolute atomic E-state index is 0.237. The van der Waals surface area contributed by atoms with Gasteiger partial charge in [-0.05, 0) is 26.3 Å². The van der Waals surface area contributed by atoms with Crippen molar-refractivity contribution in [2.45, 2.75) is 32.4 Å². The summed E-state index contributed by atoms with van der Waals surface area (Å²) in [7, 11) is 0. The normalized spacial score (nSPS) is 12.6. The molecule has 0 saturated carbocycles. The van der Waals surface area contributed by atoms with Crippen LogP contribution in [0.25, 0.3) is 11.0 Å². The summed E-state index contributed by atoms with van der Waals surface area (Å²) in [4.78, 5) is 16.2. The lowest BCUT2D eigenvalue weighted by molar-refractivity contribution is -0.117. The molecule has 2 aromatic heterocycles. The van der Waals surface area contributed by atoms with E-state index >= 15 is 0 Å². The Bertz CT molecular complexity index is 632. The first-order chi connectivity index (χ1) is 9.52. The number of hydrogen-bond acceptors (Lipinski definition) is 4. The van der Waals surface area contributed by atoms with Crippen molar-refractivity contribution in [3.05, 3.63) is 31.1 Å². The van der Waals surface area contributed by atoms with E-state index in [0.29, 0.717) is 12.1 Å². The lowest BCUT2D eigenvalue weighted by Gasteiger charge is -2.10. The van der Waals surface area contributed by atoms with E-state index in [4.69, 9.17) is 5.73 Å². The molecule has 6 heteroatoms. The Labute approximate surface area is 117 Å². The fourth-order valence-corrected chi connectivity index (χ4v) is 1.91. The molecule has 0 aliphatic heterocycles. The molecular weight excluding hydrogens is 254 g/mol. The number of carbonyl (C=O) groups is 1. The van der Waals surface area contributed by atoms with Crippen LogP contribution >= 0.6 is 0 Å². The topological polar surface area (TPSA) is 85.8 Å². The van der Waals surface area contributed by atoms with Crippen molar-refractivity contribution in [3.8, 4) is 0 Å². The van der Waals surface area contributed by atoms with Crippen LogP contribution in [0.3, 0.4) is 0 Å². The van der Waals surface area contributed by atoms with Gasteiger partial charge in [-0.15, -0.1) is 6.58 Å². The van der Waals surface area contributed by atoms with Crippen LogP contribution in [-0.4, -0.2) is 26.7 Å². The average Bonchev–Trinajstić information content (AvgIpc) is 2.82.